The molecular formula is C84H132Cl4N22O22S5. The minimum absolute atomic E-state index is 0. The van der Waals surface area contributed by atoms with E-state index in [4.69, 9.17) is 122 Å². The number of nitrogens with one attached hydrogen (secondary N) is 11. The zero-order valence-corrected chi connectivity index (χ0v) is 87.9. The number of ether oxygens (including phenoxy) is 9. The molecule has 17 N–H and O–H groups in total. The van der Waals surface area contributed by atoms with Gasteiger partial charge in [0.15, 0.2) is 0 Å². The van der Waals surface area contributed by atoms with Crippen molar-refractivity contribution in [3.8, 4) is 6.07 Å². The summed E-state index contributed by atoms with van der Waals surface area (Å²) in [5.41, 5.74) is 11.1. The van der Waals surface area contributed by atoms with Crippen molar-refractivity contribution >= 4 is 192 Å². The number of hydrogen-bond donors (Lipinski definition) is 15. The molecule has 0 bridgehead atoms. The maximum absolute atomic E-state index is 12.6. The quantitative estimate of drug-likeness (QED) is 0.0109. The Bertz CT molecular complexity index is 4910. The number of aliphatic hydroxyl groups excluding tert-OH is 2. The van der Waals surface area contributed by atoms with Gasteiger partial charge in [-0.25, -0.2) is 77.0 Å². The van der Waals surface area contributed by atoms with Crippen LogP contribution in [0, 0.1) is 22.1 Å². The first-order valence-corrected chi connectivity index (χ1v) is 42.1. The average Bonchev–Trinajstić information content (AvgIpc) is 1.80. The Labute approximate surface area is 850 Å². The van der Waals surface area contributed by atoms with E-state index in [1.54, 1.807) is 186 Å². The molecule has 7 aromatic rings. The molecule has 0 aliphatic heterocycles. The standard InChI is InChI=1S/C26H34Cl2N6O7.C18H29N3O6.C16H18Cl2N6O3.C16H27N3O5.C6H11N3O.C2H3N.5H2S/c1-25(2,3)40-23(37)31-15(10-16-12-30-14-34(16)24(38)41-26(4,5)6)13-39-22(36)33-21(29)32-20(35)11-17-18(27)8-7-9-19(17)28;1-12(22)25-10-13(20-15(23)26-17(2,3)4)8-14-9-19-11-21(14)16(24)27-18(5,6)7;17-12-2-1-3-13(18)11(12)5-14(25)23-15(20)24-16(26)27-7-9(19)4-10-6-21-8-22-10;1-15(2,3)23-13(21)18-11(9-20)7-12-8-17-10-19(12)14(22)24-16(4,5)6;7-5(3-10)1-6-2-8-4-9-6;1-2-3;;;;;/h7-9,12,14-15H,10-11,13H2,1-6H3,(H,31,37)(H3,29,32,33,35,36);9,11,13H,8,10H2,1-7H3,(H,20,23);1-3,6,8-9H,4-5,7,19H2,(H,21,22)(H3,20,23,24,25,26);8,10-11,20H,7,9H2,1-6H3,(H,18,21);2,4-5,10H,1,3,7H2,(H,8,9);1H3;5*1H2/t15-;13-;9-;11-;5-;;;;;;/m00000....../s1. The molecule has 0 fully saturated rings. The van der Waals surface area contributed by atoms with Crippen molar-refractivity contribution in [1.82, 2.24) is 85.8 Å². The summed E-state index contributed by atoms with van der Waals surface area (Å²) in [7, 11) is 0. The molecule has 7 rings (SSSR count). The van der Waals surface area contributed by atoms with Crippen molar-refractivity contribution in [2.75, 3.05) is 33.0 Å². The maximum Gasteiger partial charge on any atom is 0.420 e. The van der Waals surface area contributed by atoms with Crippen LogP contribution in [0.2, 0.25) is 20.1 Å². The monoisotopic (exact) mass is 2100 g/mol. The van der Waals surface area contributed by atoms with Gasteiger partial charge in [0, 0.05) is 120 Å². The van der Waals surface area contributed by atoms with E-state index < -0.39 is 136 Å². The predicted molar refractivity (Wildman–Crippen MR) is 538 cm³/mol. The highest BCUT2D eigenvalue weighted by atomic mass is 35.5. The number of aromatic amines is 2. The topological polar surface area (TPSA) is 630 Å². The number of esters is 1. The van der Waals surface area contributed by atoms with Crippen molar-refractivity contribution < 1.29 is 106 Å². The van der Waals surface area contributed by atoms with Gasteiger partial charge in [-0.05, 0) is 160 Å². The number of carbonyl (C=O) groups excluding carboxylic acids is 11. The van der Waals surface area contributed by atoms with Crippen molar-refractivity contribution in [3.63, 3.8) is 0 Å². The molecule has 0 spiro atoms. The zero-order chi connectivity index (χ0) is 100. The van der Waals surface area contributed by atoms with Crippen LogP contribution in [0.25, 0.3) is 0 Å². The Balaban J connectivity index is -0.000000827. The van der Waals surface area contributed by atoms with Gasteiger partial charge in [-0.15, -0.1) is 0 Å². The van der Waals surface area contributed by atoms with Gasteiger partial charge in [-0.2, -0.15) is 72.7 Å². The number of nitriles is 1. The number of nitrogens with zero attached hydrogens (tertiary/aromatic N) is 9. The Hall–Kier alpha value is -10.8. The lowest BCUT2D eigenvalue weighted by Crippen LogP contribution is -2.46. The van der Waals surface area contributed by atoms with Gasteiger partial charge in [0.25, 0.3) is 0 Å². The maximum atomic E-state index is 12.6. The molecule has 5 aromatic heterocycles. The SMILES string of the molecule is CC#N.CC(=O)OC[C@H](Cc1cncn1C(=O)OC(C)(C)C)NC(=O)OC(C)(C)C.CC(C)(C)OC(=O)N[C@H](CO)Cc1cncn1C(=O)OC(C)(C)C.CC(C)(C)OC(=O)N[C@H](COC(=O)NC(=N)NC(=O)Cc1c(Cl)cccc1Cl)Cc1cncn1C(=O)OC(C)(C)C.N=C(NC(=O)Cc1c(Cl)cccc1Cl)NC(=O)OC[C@@H](N)Cc1cnc[nH]1.N[C@H](CO)Cc1cnc[nH]1.S.S.S.S.S. The molecule has 44 nitrogen and oxygen atoms in total. The van der Waals surface area contributed by atoms with Gasteiger partial charge in [0.05, 0.1) is 80.0 Å². The van der Waals surface area contributed by atoms with Gasteiger partial charge in [0.1, 0.15) is 72.4 Å². The molecule has 7 amide bonds. The van der Waals surface area contributed by atoms with Crippen LogP contribution in [-0.2, 0) is 102 Å². The molecule has 0 radical (unpaired) electrons. The minimum atomic E-state index is -1.08. The number of nitrogens with two attached hydrogens (primary N) is 2. The first-order valence-electron chi connectivity index (χ1n) is 40.5. The molecule has 2 aromatic carbocycles. The Morgan fingerprint density at radius 2 is 0.708 bits per heavy atom. The summed E-state index contributed by atoms with van der Waals surface area (Å²) in [6, 6.07) is 8.65. The Morgan fingerprint density at radius 1 is 0.423 bits per heavy atom. The fourth-order valence-corrected chi connectivity index (χ4v) is 11.0. The first kappa shape index (κ1) is 133. The van der Waals surface area contributed by atoms with Crippen LogP contribution < -0.4 is 48.7 Å². The number of benzene rings is 2. The van der Waals surface area contributed by atoms with Crippen LogP contribution in [0.1, 0.15) is 178 Å². The highest BCUT2D eigenvalue weighted by molar-refractivity contribution is 7.60. The van der Waals surface area contributed by atoms with Crippen molar-refractivity contribution in [2.45, 2.75) is 247 Å². The second kappa shape index (κ2) is 64.4. The number of hydrogen-bond acceptors (Lipinski definition) is 32. The largest absolute Gasteiger partial charge is 0.464 e. The molecule has 0 aliphatic rings. The minimum Gasteiger partial charge on any atom is -0.464 e. The molecule has 5 atom stereocenters. The molecular weight excluding hydrogens is 1970 g/mol. The third-order valence-corrected chi connectivity index (χ3v) is 16.5. The number of aromatic nitrogens is 10. The van der Waals surface area contributed by atoms with E-state index >= 15 is 0 Å². The van der Waals surface area contributed by atoms with Gasteiger partial charge in [-0.1, -0.05) is 58.5 Å². The summed E-state index contributed by atoms with van der Waals surface area (Å²) in [6.07, 6.45) is 9.99. The fourth-order valence-electron chi connectivity index (χ4n) is 9.98. The number of alkyl carbamates (subject to hydrolysis) is 5. The second-order valence-electron chi connectivity index (χ2n) is 34.4. The van der Waals surface area contributed by atoms with Crippen LogP contribution in [0.4, 0.5) is 38.4 Å². The van der Waals surface area contributed by atoms with Gasteiger partial charge >= 0.3 is 54.7 Å². The summed E-state index contributed by atoms with van der Waals surface area (Å²) in [4.78, 5) is 158. The van der Waals surface area contributed by atoms with Crippen LogP contribution in [-0.4, -0.2) is 234 Å². The van der Waals surface area contributed by atoms with E-state index in [1.807, 2.05) is 0 Å². The van der Waals surface area contributed by atoms with Crippen molar-refractivity contribution in [3.05, 3.63) is 159 Å². The van der Waals surface area contributed by atoms with E-state index in [0.29, 0.717) is 51.1 Å². The van der Waals surface area contributed by atoms with E-state index in [9.17, 15) is 57.8 Å². The lowest BCUT2D eigenvalue weighted by atomic mass is 10.1. The molecule has 5 heterocycles. The number of guanidine groups is 2. The van der Waals surface area contributed by atoms with Gasteiger partial charge in [0.2, 0.25) is 23.7 Å². The number of carbonyl (C=O) groups is 11. The number of rotatable bonds is 25. The molecule has 137 heavy (non-hydrogen) atoms. The van der Waals surface area contributed by atoms with Crippen molar-refractivity contribution in [1.29, 1.82) is 16.1 Å². The summed E-state index contributed by atoms with van der Waals surface area (Å²) in [5, 5.41) is 58.5. The zero-order valence-electron chi connectivity index (χ0n) is 79.9. The summed E-state index contributed by atoms with van der Waals surface area (Å²) in [5.74, 6) is -2.87. The predicted octanol–water partition coefficient (Wildman–Crippen LogP) is 11.2. The number of amides is 7. The highest BCUT2D eigenvalue weighted by Gasteiger charge is 2.30. The normalized spacial score (nSPS) is 11.8. The molecule has 0 aliphatic carbocycles. The highest BCUT2D eigenvalue weighted by Crippen LogP contribution is 2.27. The Morgan fingerprint density at radius 3 is 0.985 bits per heavy atom. The van der Waals surface area contributed by atoms with E-state index in [0.717, 1.165) is 11.4 Å². The number of H-pyrrole nitrogens is 2. The summed E-state index contributed by atoms with van der Waals surface area (Å²) >= 11 is 24.1. The lowest BCUT2D eigenvalue weighted by molar-refractivity contribution is -0.141. The molecule has 0 saturated heterocycles. The van der Waals surface area contributed by atoms with Gasteiger partial charge < -0.3 is 90.2 Å². The summed E-state index contributed by atoms with van der Waals surface area (Å²) < 4.78 is 50.5. The third-order valence-electron chi connectivity index (χ3n) is 15.1. The fraction of sp³-hybridized carbons (Fsp3) is 0.512. The van der Waals surface area contributed by atoms with Crippen LogP contribution in [0.15, 0.2) is 99.0 Å². The lowest BCUT2D eigenvalue weighted by Gasteiger charge is -2.24. The van der Waals surface area contributed by atoms with Crippen molar-refractivity contribution in [2.24, 2.45) is 11.5 Å². The van der Waals surface area contributed by atoms with Crippen LogP contribution >= 0.6 is 114 Å². The van der Waals surface area contributed by atoms with E-state index in [-0.39, 0.29) is 149 Å². The number of aliphatic hydroxyl groups is 2. The molecule has 53 heteroatoms. The number of halogens is 4. The van der Waals surface area contributed by atoms with E-state index in [1.165, 1.54) is 71.4 Å². The summed E-state index contributed by atoms with van der Waals surface area (Å²) in [6.45, 7) is 33.1. The number of imidazole rings is 5. The van der Waals surface area contributed by atoms with Crippen LogP contribution in [0.5, 0.6) is 0 Å². The Kier molecular flexibility index (Phi) is 62.3. The molecule has 768 valence electrons. The first-order chi connectivity index (χ1) is 61.2. The van der Waals surface area contributed by atoms with Gasteiger partial charge in [-0.3, -0.25) is 46.5 Å². The van der Waals surface area contributed by atoms with E-state index in [2.05, 4.69) is 72.1 Å². The third kappa shape index (κ3) is 59.9. The smallest absolute Gasteiger partial charge is 0.420 e. The molecule has 0 unspecified atom stereocenters. The van der Waals surface area contributed by atoms with Crippen LogP contribution in [0.3, 0.4) is 0 Å². The molecule has 0 saturated carbocycles. The average molecular weight is 2100 g/mol. The second-order valence-corrected chi connectivity index (χ2v) is 36.0.